The zero-order chi connectivity index (χ0) is 12.7. The van der Waals surface area contributed by atoms with E-state index in [2.05, 4.69) is 19.2 Å². The van der Waals surface area contributed by atoms with Crippen molar-refractivity contribution in [1.29, 1.82) is 0 Å². The predicted octanol–water partition coefficient (Wildman–Crippen LogP) is 2.15. The van der Waals surface area contributed by atoms with Crippen molar-refractivity contribution in [3.63, 3.8) is 0 Å². The van der Waals surface area contributed by atoms with E-state index >= 15 is 0 Å². The molecule has 0 saturated carbocycles. The molecular weight excluding hydrogens is 216 g/mol. The van der Waals surface area contributed by atoms with Crippen LogP contribution in [0.2, 0.25) is 0 Å². The van der Waals surface area contributed by atoms with Crippen LogP contribution in [0.3, 0.4) is 0 Å². The summed E-state index contributed by atoms with van der Waals surface area (Å²) in [5.74, 6) is 0.404. The van der Waals surface area contributed by atoms with Crippen molar-refractivity contribution in [3.8, 4) is 5.75 Å². The summed E-state index contributed by atoms with van der Waals surface area (Å²) in [6.07, 6.45) is 1.32. The van der Waals surface area contributed by atoms with Gasteiger partial charge in [0.15, 0.2) is 0 Å². The number of nitrogens with one attached hydrogen (secondary N) is 1. The Morgan fingerprint density at radius 1 is 1.41 bits per heavy atom. The Morgan fingerprint density at radius 2 is 2.06 bits per heavy atom. The molecule has 94 valence electrons. The van der Waals surface area contributed by atoms with Gasteiger partial charge in [0, 0.05) is 11.7 Å². The SMILES string of the molecule is CCC(C)Nc1ccc(OCCC(N)=O)cc1. The zero-order valence-electron chi connectivity index (χ0n) is 10.4. The number of ether oxygens (including phenoxy) is 1. The molecule has 1 atom stereocenters. The highest BCUT2D eigenvalue weighted by molar-refractivity contribution is 5.73. The minimum absolute atomic E-state index is 0.243. The largest absolute Gasteiger partial charge is 0.493 e. The molecular formula is C13H20N2O2. The Morgan fingerprint density at radius 3 is 2.59 bits per heavy atom. The quantitative estimate of drug-likeness (QED) is 0.762. The Labute approximate surface area is 102 Å². The molecule has 0 bridgehead atoms. The van der Waals surface area contributed by atoms with Crippen LogP contribution in [-0.2, 0) is 4.79 Å². The molecule has 1 rings (SSSR count). The van der Waals surface area contributed by atoms with Gasteiger partial charge in [-0.05, 0) is 37.6 Å². The van der Waals surface area contributed by atoms with Crippen molar-refractivity contribution in [2.45, 2.75) is 32.7 Å². The van der Waals surface area contributed by atoms with Gasteiger partial charge < -0.3 is 15.8 Å². The van der Waals surface area contributed by atoms with Crippen LogP contribution >= 0.6 is 0 Å². The van der Waals surface area contributed by atoms with Crippen LogP contribution in [-0.4, -0.2) is 18.6 Å². The number of hydrogen-bond donors (Lipinski definition) is 2. The topological polar surface area (TPSA) is 64.3 Å². The number of nitrogens with two attached hydrogens (primary N) is 1. The van der Waals surface area contributed by atoms with Crippen LogP contribution in [0, 0.1) is 0 Å². The summed E-state index contributed by atoms with van der Waals surface area (Å²) < 4.78 is 5.37. The van der Waals surface area contributed by atoms with Crippen LogP contribution in [0.15, 0.2) is 24.3 Å². The lowest BCUT2D eigenvalue weighted by molar-refractivity contribution is -0.118. The summed E-state index contributed by atoms with van der Waals surface area (Å²) in [5, 5.41) is 3.36. The first kappa shape index (κ1) is 13.4. The van der Waals surface area contributed by atoms with Crippen molar-refractivity contribution < 1.29 is 9.53 Å². The van der Waals surface area contributed by atoms with E-state index in [0.717, 1.165) is 17.9 Å². The van der Waals surface area contributed by atoms with Crippen molar-refractivity contribution in [3.05, 3.63) is 24.3 Å². The number of rotatable bonds is 7. The van der Waals surface area contributed by atoms with Crippen molar-refractivity contribution >= 4 is 11.6 Å². The first-order valence-corrected chi connectivity index (χ1v) is 5.89. The summed E-state index contributed by atoms with van der Waals surface area (Å²) in [4.78, 5) is 10.5. The van der Waals surface area contributed by atoms with Gasteiger partial charge in [-0.25, -0.2) is 0 Å². The number of benzene rings is 1. The summed E-state index contributed by atoms with van der Waals surface area (Å²) in [6.45, 7) is 4.60. The van der Waals surface area contributed by atoms with Gasteiger partial charge in [0.05, 0.1) is 13.0 Å². The molecule has 0 saturated heterocycles. The molecule has 0 aliphatic carbocycles. The van der Waals surface area contributed by atoms with Gasteiger partial charge >= 0.3 is 0 Å². The van der Waals surface area contributed by atoms with E-state index < -0.39 is 0 Å². The van der Waals surface area contributed by atoms with Gasteiger partial charge in [-0.15, -0.1) is 0 Å². The predicted molar refractivity (Wildman–Crippen MR) is 69.1 cm³/mol. The van der Waals surface area contributed by atoms with E-state index in [4.69, 9.17) is 10.5 Å². The molecule has 3 N–H and O–H groups in total. The van der Waals surface area contributed by atoms with Gasteiger partial charge in [-0.1, -0.05) is 6.92 Å². The first-order chi connectivity index (χ1) is 8.11. The molecule has 0 fully saturated rings. The molecule has 1 aromatic rings. The second-order valence-electron chi connectivity index (χ2n) is 4.04. The highest BCUT2D eigenvalue weighted by atomic mass is 16.5. The standard InChI is InChI=1S/C13H20N2O2/c1-3-10(2)15-11-4-6-12(7-5-11)17-9-8-13(14)16/h4-7,10,15H,3,8-9H2,1-2H3,(H2,14,16). The van der Waals surface area contributed by atoms with E-state index in [1.54, 1.807) is 0 Å². The number of carbonyl (C=O) groups is 1. The van der Waals surface area contributed by atoms with E-state index in [-0.39, 0.29) is 12.3 Å². The highest BCUT2D eigenvalue weighted by Gasteiger charge is 2.00. The minimum Gasteiger partial charge on any atom is -0.493 e. The third-order valence-corrected chi connectivity index (χ3v) is 2.50. The Bertz CT molecular complexity index is 349. The summed E-state index contributed by atoms with van der Waals surface area (Å²) >= 11 is 0. The monoisotopic (exact) mass is 236 g/mol. The smallest absolute Gasteiger partial charge is 0.220 e. The average molecular weight is 236 g/mol. The lowest BCUT2D eigenvalue weighted by Crippen LogP contribution is -2.14. The number of primary amides is 1. The molecule has 1 amide bonds. The molecule has 1 unspecified atom stereocenters. The molecule has 4 nitrogen and oxygen atoms in total. The van der Waals surface area contributed by atoms with E-state index in [1.807, 2.05) is 24.3 Å². The number of hydrogen-bond acceptors (Lipinski definition) is 3. The van der Waals surface area contributed by atoms with E-state index in [1.165, 1.54) is 0 Å². The van der Waals surface area contributed by atoms with Gasteiger partial charge in [-0.3, -0.25) is 4.79 Å². The third-order valence-electron chi connectivity index (χ3n) is 2.50. The number of anilines is 1. The zero-order valence-corrected chi connectivity index (χ0v) is 10.4. The number of amides is 1. The van der Waals surface area contributed by atoms with E-state index in [0.29, 0.717) is 12.6 Å². The van der Waals surface area contributed by atoms with Gasteiger partial charge in [-0.2, -0.15) is 0 Å². The average Bonchev–Trinajstić information content (AvgIpc) is 2.31. The fraction of sp³-hybridized carbons (Fsp3) is 0.462. The molecule has 0 aliphatic heterocycles. The minimum atomic E-state index is -0.347. The Balaban J connectivity index is 2.42. The lowest BCUT2D eigenvalue weighted by Gasteiger charge is -2.13. The molecule has 1 aromatic carbocycles. The summed E-state index contributed by atoms with van der Waals surface area (Å²) in [5.41, 5.74) is 6.09. The Hall–Kier alpha value is -1.71. The van der Waals surface area contributed by atoms with Gasteiger partial charge in [0.1, 0.15) is 5.75 Å². The van der Waals surface area contributed by atoms with Crippen molar-refractivity contribution in [2.24, 2.45) is 5.73 Å². The van der Waals surface area contributed by atoms with Crippen LogP contribution in [0.5, 0.6) is 5.75 Å². The van der Waals surface area contributed by atoms with Crippen LogP contribution in [0.25, 0.3) is 0 Å². The van der Waals surface area contributed by atoms with Crippen LogP contribution < -0.4 is 15.8 Å². The van der Waals surface area contributed by atoms with Crippen molar-refractivity contribution in [1.82, 2.24) is 0 Å². The fourth-order valence-electron chi connectivity index (χ4n) is 1.30. The summed E-state index contributed by atoms with van der Waals surface area (Å²) in [6, 6.07) is 8.14. The second-order valence-corrected chi connectivity index (χ2v) is 4.04. The normalized spacial score (nSPS) is 11.9. The Kier molecular flexibility index (Phi) is 5.33. The second kappa shape index (κ2) is 6.78. The van der Waals surface area contributed by atoms with Gasteiger partial charge in [0.2, 0.25) is 5.91 Å². The molecule has 4 heteroatoms. The molecule has 0 radical (unpaired) electrons. The van der Waals surface area contributed by atoms with Crippen molar-refractivity contribution in [2.75, 3.05) is 11.9 Å². The molecule has 0 aromatic heterocycles. The van der Waals surface area contributed by atoms with E-state index in [9.17, 15) is 4.79 Å². The van der Waals surface area contributed by atoms with Crippen LogP contribution in [0.1, 0.15) is 26.7 Å². The maximum absolute atomic E-state index is 10.5. The molecule has 0 heterocycles. The maximum atomic E-state index is 10.5. The third kappa shape index (κ3) is 5.24. The maximum Gasteiger partial charge on any atom is 0.220 e. The lowest BCUT2D eigenvalue weighted by atomic mass is 10.2. The number of carbonyl (C=O) groups excluding carboxylic acids is 1. The van der Waals surface area contributed by atoms with Gasteiger partial charge in [0.25, 0.3) is 0 Å². The fourth-order valence-corrected chi connectivity index (χ4v) is 1.30. The highest BCUT2D eigenvalue weighted by Crippen LogP contribution is 2.16. The molecule has 0 aliphatic rings. The molecule has 17 heavy (non-hydrogen) atoms. The molecule has 0 spiro atoms. The summed E-state index contributed by atoms with van der Waals surface area (Å²) in [7, 11) is 0. The van der Waals surface area contributed by atoms with Crippen LogP contribution in [0.4, 0.5) is 5.69 Å². The first-order valence-electron chi connectivity index (χ1n) is 5.89.